The lowest BCUT2D eigenvalue weighted by Crippen LogP contribution is -2.25. The molecule has 0 saturated carbocycles. The summed E-state index contributed by atoms with van der Waals surface area (Å²) in [5.41, 5.74) is 0.634. The molecule has 0 bridgehead atoms. The molecule has 0 aliphatic rings. The number of aromatic nitrogens is 5. The molecule has 0 aliphatic heterocycles. The molecule has 0 fully saturated rings. The smallest absolute Gasteiger partial charge is 0.200 e. The summed E-state index contributed by atoms with van der Waals surface area (Å²) in [4.78, 5) is 0. The van der Waals surface area contributed by atoms with Crippen molar-refractivity contribution in [3.8, 4) is 0 Å². The second-order valence-corrected chi connectivity index (χ2v) is 3.83. The van der Waals surface area contributed by atoms with Gasteiger partial charge in [-0.3, -0.25) is 0 Å². The summed E-state index contributed by atoms with van der Waals surface area (Å²) in [5.74, 6) is 0.750. The Morgan fingerprint density at radius 1 is 1.47 bits per heavy atom. The molecule has 17 heavy (non-hydrogen) atoms. The standard InChI is InChI=1S/C10H16N6O/c1-3-4-8(7-17-2)11-9-5-6-10-12-14-15-16(10)13-9/h5-6,8H,3-4,7H2,1-2H3,(H,11,13). The Bertz CT molecular complexity index is 465. The van der Waals surface area contributed by atoms with E-state index in [-0.39, 0.29) is 6.04 Å². The topological polar surface area (TPSA) is 77.2 Å². The lowest BCUT2D eigenvalue weighted by atomic mass is 10.2. The molecule has 0 saturated heterocycles. The maximum absolute atomic E-state index is 5.16. The fourth-order valence-electron chi connectivity index (χ4n) is 1.68. The quantitative estimate of drug-likeness (QED) is 0.797. The minimum Gasteiger partial charge on any atom is -0.383 e. The average Bonchev–Trinajstić information content (AvgIpc) is 2.77. The lowest BCUT2D eigenvalue weighted by molar-refractivity contribution is 0.182. The number of tetrazole rings is 1. The second-order valence-electron chi connectivity index (χ2n) is 3.83. The Hall–Kier alpha value is -1.76. The number of ether oxygens (including phenoxy) is 1. The van der Waals surface area contributed by atoms with Crippen molar-refractivity contribution in [2.24, 2.45) is 0 Å². The van der Waals surface area contributed by atoms with Gasteiger partial charge in [-0.2, -0.15) is 0 Å². The van der Waals surface area contributed by atoms with Crippen LogP contribution in [0.4, 0.5) is 5.82 Å². The predicted molar refractivity (Wildman–Crippen MR) is 62.8 cm³/mol. The van der Waals surface area contributed by atoms with Crippen molar-refractivity contribution in [2.45, 2.75) is 25.8 Å². The summed E-state index contributed by atoms with van der Waals surface area (Å²) >= 11 is 0. The Balaban J connectivity index is 2.09. The molecule has 1 N–H and O–H groups in total. The molecule has 0 amide bonds. The molecule has 7 heteroatoms. The summed E-state index contributed by atoms with van der Waals surface area (Å²) < 4.78 is 6.56. The van der Waals surface area contributed by atoms with E-state index in [1.165, 1.54) is 4.63 Å². The monoisotopic (exact) mass is 236 g/mol. The molecule has 0 aliphatic carbocycles. The highest BCUT2D eigenvalue weighted by atomic mass is 16.5. The Morgan fingerprint density at radius 3 is 3.12 bits per heavy atom. The highest BCUT2D eigenvalue weighted by Gasteiger charge is 2.08. The van der Waals surface area contributed by atoms with Crippen molar-refractivity contribution < 1.29 is 4.74 Å². The van der Waals surface area contributed by atoms with Crippen LogP contribution in [0, 0.1) is 0 Å². The predicted octanol–water partition coefficient (Wildman–Crippen LogP) is 0.746. The van der Waals surface area contributed by atoms with Gasteiger partial charge < -0.3 is 10.1 Å². The van der Waals surface area contributed by atoms with E-state index in [1.54, 1.807) is 7.11 Å². The van der Waals surface area contributed by atoms with Gasteiger partial charge in [-0.1, -0.05) is 13.3 Å². The van der Waals surface area contributed by atoms with Crippen LogP contribution in [0.25, 0.3) is 5.65 Å². The van der Waals surface area contributed by atoms with Crippen LogP contribution in [0.2, 0.25) is 0 Å². The van der Waals surface area contributed by atoms with Gasteiger partial charge in [0, 0.05) is 7.11 Å². The van der Waals surface area contributed by atoms with Gasteiger partial charge in [-0.15, -0.1) is 14.8 Å². The molecule has 0 radical (unpaired) electrons. The molecule has 2 rings (SSSR count). The third-order valence-corrected chi connectivity index (χ3v) is 2.43. The van der Waals surface area contributed by atoms with Gasteiger partial charge in [0.2, 0.25) is 0 Å². The fraction of sp³-hybridized carbons (Fsp3) is 0.600. The van der Waals surface area contributed by atoms with Crippen molar-refractivity contribution in [3.05, 3.63) is 12.1 Å². The van der Waals surface area contributed by atoms with E-state index < -0.39 is 0 Å². The van der Waals surface area contributed by atoms with Gasteiger partial charge >= 0.3 is 0 Å². The van der Waals surface area contributed by atoms with Gasteiger partial charge in [-0.25, -0.2) is 0 Å². The first kappa shape index (κ1) is 11.7. The van der Waals surface area contributed by atoms with E-state index in [0.29, 0.717) is 12.3 Å². The zero-order valence-corrected chi connectivity index (χ0v) is 10.00. The highest BCUT2D eigenvalue weighted by molar-refractivity contribution is 5.42. The second kappa shape index (κ2) is 5.53. The minimum atomic E-state index is 0.256. The largest absolute Gasteiger partial charge is 0.383 e. The number of nitrogens with one attached hydrogen (secondary N) is 1. The zero-order valence-electron chi connectivity index (χ0n) is 10.00. The third kappa shape index (κ3) is 2.88. The van der Waals surface area contributed by atoms with Crippen molar-refractivity contribution in [1.29, 1.82) is 0 Å². The molecule has 92 valence electrons. The van der Waals surface area contributed by atoms with E-state index in [9.17, 15) is 0 Å². The van der Waals surface area contributed by atoms with Crippen LogP contribution in [-0.2, 0) is 4.74 Å². The van der Waals surface area contributed by atoms with Crippen LogP contribution < -0.4 is 5.32 Å². The Morgan fingerprint density at radius 2 is 2.35 bits per heavy atom. The van der Waals surface area contributed by atoms with Crippen LogP contribution in [0.15, 0.2) is 12.1 Å². The van der Waals surface area contributed by atoms with Crippen molar-refractivity contribution >= 4 is 11.5 Å². The van der Waals surface area contributed by atoms with Gasteiger partial charge in [0.25, 0.3) is 0 Å². The summed E-state index contributed by atoms with van der Waals surface area (Å²) in [6.07, 6.45) is 2.12. The Kier molecular flexibility index (Phi) is 3.81. The van der Waals surface area contributed by atoms with Crippen LogP contribution in [0.5, 0.6) is 0 Å². The molecule has 0 aromatic carbocycles. The molecule has 2 heterocycles. The molecular weight excluding hydrogens is 220 g/mol. The van der Waals surface area contributed by atoms with Crippen LogP contribution in [0.3, 0.4) is 0 Å². The van der Waals surface area contributed by atoms with E-state index >= 15 is 0 Å². The van der Waals surface area contributed by atoms with Crippen molar-refractivity contribution in [2.75, 3.05) is 19.0 Å². The van der Waals surface area contributed by atoms with E-state index in [4.69, 9.17) is 4.74 Å². The van der Waals surface area contributed by atoms with E-state index in [0.717, 1.165) is 18.7 Å². The molecular formula is C10H16N6O. The van der Waals surface area contributed by atoms with Crippen LogP contribution >= 0.6 is 0 Å². The number of nitrogens with zero attached hydrogens (tertiary/aromatic N) is 5. The minimum absolute atomic E-state index is 0.256. The number of fused-ring (bicyclic) bond motifs is 1. The number of hydrogen-bond acceptors (Lipinski definition) is 6. The maximum Gasteiger partial charge on any atom is 0.200 e. The first-order valence-electron chi connectivity index (χ1n) is 5.64. The Labute approximate surface area is 99.2 Å². The molecule has 0 spiro atoms. The first-order valence-corrected chi connectivity index (χ1v) is 5.64. The zero-order chi connectivity index (χ0) is 12.1. The van der Waals surface area contributed by atoms with Gasteiger partial charge in [-0.05, 0) is 29.0 Å². The lowest BCUT2D eigenvalue weighted by Gasteiger charge is -2.17. The average molecular weight is 236 g/mol. The van der Waals surface area contributed by atoms with Gasteiger partial charge in [0.05, 0.1) is 12.6 Å². The fourth-order valence-corrected chi connectivity index (χ4v) is 1.68. The van der Waals surface area contributed by atoms with Crippen LogP contribution in [-0.4, -0.2) is 45.0 Å². The van der Waals surface area contributed by atoms with Gasteiger partial charge in [0.1, 0.15) is 5.82 Å². The molecule has 2 aromatic heterocycles. The highest BCUT2D eigenvalue weighted by Crippen LogP contribution is 2.08. The molecule has 1 unspecified atom stereocenters. The summed E-state index contributed by atoms with van der Waals surface area (Å²) in [7, 11) is 1.70. The third-order valence-electron chi connectivity index (χ3n) is 2.43. The summed E-state index contributed by atoms with van der Waals surface area (Å²) in [5, 5.41) is 18.7. The maximum atomic E-state index is 5.16. The van der Waals surface area contributed by atoms with Crippen molar-refractivity contribution in [1.82, 2.24) is 25.3 Å². The van der Waals surface area contributed by atoms with E-state index in [2.05, 4.69) is 32.9 Å². The molecule has 2 aromatic rings. The summed E-state index contributed by atoms with van der Waals surface area (Å²) in [6, 6.07) is 3.95. The van der Waals surface area contributed by atoms with Crippen LogP contribution in [0.1, 0.15) is 19.8 Å². The number of hydrogen-bond donors (Lipinski definition) is 1. The number of anilines is 1. The van der Waals surface area contributed by atoms with Gasteiger partial charge in [0.15, 0.2) is 5.65 Å². The summed E-state index contributed by atoms with van der Waals surface area (Å²) in [6.45, 7) is 2.80. The molecule has 1 atom stereocenters. The van der Waals surface area contributed by atoms with E-state index in [1.807, 2.05) is 12.1 Å². The molecule has 7 nitrogen and oxygen atoms in total. The number of methoxy groups -OCH3 is 1. The SMILES string of the molecule is CCCC(COC)Nc1ccc2nnnn2n1. The number of rotatable bonds is 6. The first-order chi connectivity index (χ1) is 8.33. The van der Waals surface area contributed by atoms with Crippen molar-refractivity contribution in [3.63, 3.8) is 0 Å². The normalized spacial score (nSPS) is 12.8.